The normalized spacial score (nSPS) is 18.5. The predicted octanol–water partition coefficient (Wildman–Crippen LogP) is 4.64. The molecule has 5 aromatic rings. The number of hydrogen-bond donors (Lipinski definition) is 2. The third-order valence-electron chi connectivity index (χ3n) is 8.12. The predicted molar refractivity (Wildman–Crippen MR) is 163 cm³/mol. The van der Waals surface area contributed by atoms with Gasteiger partial charge in [-0.3, -0.25) is 9.69 Å². The smallest absolute Gasteiger partial charge is 0.272 e. The van der Waals surface area contributed by atoms with Crippen molar-refractivity contribution in [3.8, 4) is 28.6 Å². The third-order valence-corrected chi connectivity index (χ3v) is 8.12. The molecule has 11 heteroatoms. The second-order valence-electron chi connectivity index (χ2n) is 11.3. The Morgan fingerprint density at radius 3 is 2.48 bits per heavy atom. The van der Waals surface area contributed by atoms with Crippen molar-refractivity contribution in [2.75, 3.05) is 18.4 Å². The van der Waals surface area contributed by atoms with Crippen molar-refractivity contribution in [2.45, 2.75) is 44.1 Å². The van der Waals surface area contributed by atoms with Gasteiger partial charge in [-0.2, -0.15) is 10.4 Å². The first-order valence-corrected chi connectivity index (χ1v) is 14.8. The molecule has 220 valence electrons. The van der Waals surface area contributed by atoms with Crippen LogP contribution in [0.2, 0.25) is 0 Å². The van der Waals surface area contributed by atoms with Gasteiger partial charge in [0, 0.05) is 49.4 Å². The number of rotatable bonds is 8. The first-order chi connectivity index (χ1) is 21.5. The fourth-order valence-electron chi connectivity index (χ4n) is 5.63. The zero-order valence-electron chi connectivity index (χ0n) is 23.9. The van der Waals surface area contributed by atoms with E-state index < -0.39 is 18.1 Å². The Morgan fingerprint density at radius 2 is 1.75 bits per heavy atom. The van der Waals surface area contributed by atoms with E-state index in [1.807, 2.05) is 36.4 Å². The number of alkyl halides is 1. The number of nitrogens with one attached hydrogen (secondary N) is 2. The van der Waals surface area contributed by atoms with Crippen LogP contribution in [0.15, 0.2) is 79.0 Å². The molecule has 2 N–H and O–H groups in total. The molecule has 0 radical (unpaired) electrons. The number of likely N-dealkylation sites (tertiary alicyclic amines) is 1. The second-order valence-corrected chi connectivity index (χ2v) is 11.3. The SMILES string of the molecule is N#Cc1nccc(NC2CCN(Cc3ccc(-c4nc5ccc(C(=O)N[C@@H]6C[C@@H]6F)nn5c4-c4ccccc4)cc3)CC2)n1. The van der Waals surface area contributed by atoms with Gasteiger partial charge in [-0.05, 0) is 36.6 Å². The Labute approximate surface area is 253 Å². The summed E-state index contributed by atoms with van der Waals surface area (Å²) in [4.78, 5) is 28.3. The first kappa shape index (κ1) is 27.6. The number of amides is 1. The van der Waals surface area contributed by atoms with Gasteiger partial charge in [0.1, 0.15) is 29.4 Å². The number of piperidine rings is 1. The summed E-state index contributed by atoms with van der Waals surface area (Å²) in [7, 11) is 0. The van der Waals surface area contributed by atoms with Crippen molar-refractivity contribution in [3.05, 3.63) is 96.1 Å². The van der Waals surface area contributed by atoms with Crippen LogP contribution in [0.1, 0.15) is 41.1 Å². The van der Waals surface area contributed by atoms with Crippen molar-refractivity contribution >= 4 is 17.4 Å². The Morgan fingerprint density at radius 1 is 0.977 bits per heavy atom. The molecule has 0 spiro atoms. The van der Waals surface area contributed by atoms with E-state index >= 15 is 0 Å². The molecule has 10 nitrogen and oxygen atoms in total. The van der Waals surface area contributed by atoms with Gasteiger partial charge in [-0.25, -0.2) is 23.9 Å². The summed E-state index contributed by atoms with van der Waals surface area (Å²) in [5.41, 5.74) is 5.49. The quantitative estimate of drug-likeness (QED) is 0.269. The molecule has 1 amide bonds. The lowest BCUT2D eigenvalue weighted by atomic mass is 10.0. The van der Waals surface area contributed by atoms with E-state index in [1.165, 1.54) is 5.56 Å². The molecule has 0 bridgehead atoms. The molecule has 3 aromatic heterocycles. The molecule has 4 heterocycles. The lowest BCUT2D eigenvalue weighted by molar-refractivity contribution is 0.0941. The van der Waals surface area contributed by atoms with Crippen molar-refractivity contribution in [1.82, 2.24) is 34.8 Å². The summed E-state index contributed by atoms with van der Waals surface area (Å²) >= 11 is 0. The molecule has 1 aliphatic heterocycles. The molecule has 2 aliphatic rings. The second kappa shape index (κ2) is 11.8. The van der Waals surface area contributed by atoms with Crippen molar-refractivity contribution in [3.63, 3.8) is 0 Å². The number of carbonyl (C=O) groups is 1. The Hall–Kier alpha value is -5.21. The minimum Gasteiger partial charge on any atom is -0.367 e. The number of benzene rings is 2. The number of hydrogen-bond acceptors (Lipinski definition) is 8. The topological polar surface area (TPSA) is 124 Å². The van der Waals surface area contributed by atoms with E-state index in [4.69, 9.17) is 10.2 Å². The van der Waals surface area contributed by atoms with Crippen molar-refractivity contribution in [2.24, 2.45) is 0 Å². The van der Waals surface area contributed by atoms with Crippen LogP contribution >= 0.6 is 0 Å². The average Bonchev–Trinajstić information content (AvgIpc) is 3.62. The summed E-state index contributed by atoms with van der Waals surface area (Å²) < 4.78 is 15.1. The Balaban J connectivity index is 1.07. The number of nitrogens with zero attached hydrogens (tertiary/aromatic N) is 7. The van der Waals surface area contributed by atoms with Crippen molar-refractivity contribution in [1.29, 1.82) is 5.26 Å². The molecule has 7 rings (SSSR count). The minimum atomic E-state index is -0.982. The van der Waals surface area contributed by atoms with Gasteiger partial charge >= 0.3 is 0 Å². The summed E-state index contributed by atoms with van der Waals surface area (Å²) in [6.07, 6.45) is 2.93. The van der Waals surface area contributed by atoms with Crippen LogP contribution in [-0.2, 0) is 6.54 Å². The zero-order chi connectivity index (χ0) is 30.0. The summed E-state index contributed by atoms with van der Waals surface area (Å²) in [6.45, 7) is 2.75. The molecule has 1 saturated heterocycles. The number of nitriles is 1. The molecular weight excluding hydrogens is 557 g/mol. The van der Waals surface area contributed by atoms with Gasteiger partial charge in [0.2, 0.25) is 5.82 Å². The van der Waals surface area contributed by atoms with Gasteiger partial charge in [0.05, 0.1) is 11.7 Å². The van der Waals surface area contributed by atoms with Gasteiger partial charge in [-0.1, -0.05) is 54.6 Å². The zero-order valence-corrected chi connectivity index (χ0v) is 23.9. The maximum atomic E-state index is 13.4. The van der Waals surface area contributed by atoms with Crippen LogP contribution in [-0.4, -0.2) is 66.7 Å². The monoisotopic (exact) mass is 587 g/mol. The van der Waals surface area contributed by atoms with Gasteiger partial charge in [0.15, 0.2) is 5.65 Å². The molecule has 1 aliphatic carbocycles. The van der Waals surface area contributed by atoms with Gasteiger partial charge in [-0.15, -0.1) is 0 Å². The van der Waals surface area contributed by atoms with Crippen LogP contribution in [0.3, 0.4) is 0 Å². The van der Waals surface area contributed by atoms with Crippen LogP contribution < -0.4 is 10.6 Å². The highest BCUT2D eigenvalue weighted by atomic mass is 19.1. The highest BCUT2D eigenvalue weighted by Gasteiger charge is 2.39. The Kier molecular flexibility index (Phi) is 7.42. The molecular formula is C33H30FN9O. The molecule has 2 fully saturated rings. The minimum absolute atomic E-state index is 0.171. The van der Waals surface area contributed by atoms with Crippen LogP contribution in [0.25, 0.3) is 28.2 Å². The number of fused-ring (bicyclic) bond motifs is 1. The number of imidazole rings is 1. The number of anilines is 1. The Bertz CT molecular complexity index is 1840. The van der Waals surface area contributed by atoms with Crippen LogP contribution in [0.5, 0.6) is 0 Å². The lowest BCUT2D eigenvalue weighted by Gasteiger charge is -2.32. The summed E-state index contributed by atoms with van der Waals surface area (Å²) in [5, 5.41) is 19.8. The van der Waals surface area contributed by atoms with E-state index in [1.54, 1.807) is 28.9 Å². The molecule has 2 aromatic carbocycles. The lowest BCUT2D eigenvalue weighted by Crippen LogP contribution is -2.38. The summed E-state index contributed by atoms with van der Waals surface area (Å²) in [6, 6.07) is 25.4. The van der Waals surface area contributed by atoms with Crippen LogP contribution in [0.4, 0.5) is 10.2 Å². The molecule has 2 atom stereocenters. The number of aromatic nitrogens is 5. The molecule has 0 unspecified atom stereocenters. The van der Waals surface area contributed by atoms with Crippen LogP contribution in [0, 0.1) is 11.3 Å². The third kappa shape index (κ3) is 5.85. The highest BCUT2D eigenvalue weighted by molar-refractivity contribution is 5.93. The highest BCUT2D eigenvalue weighted by Crippen LogP contribution is 2.33. The van der Waals surface area contributed by atoms with E-state index in [2.05, 4.69) is 54.9 Å². The standard InChI is InChI=1S/C33H30FN9O/c34-25-18-27(25)38-33(44)26-10-11-30-40-31(32(43(30)41-26)23-4-2-1-3-5-23)22-8-6-21(7-9-22)20-42-16-13-24(14-17-42)37-28-12-15-36-29(19-35)39-28/h1-12,15,24-25,27H,13-14,16-18,20H2,(H,38,44)(H,36,37,39)/t25-,27+/m0/s1. The number of halogens is 1. The molecule has 44 heavy (non-hydrogen) atoms. The van der Waals surface area contributed by atoms with E-state index in [0.717, 1.165) is 55.0 Å². The maximum Gasteiger partial charge on any atom is 0.272 e. The molecule has 1 saturated carbocycles. The maximum absolute atomic E-state index is 13.4. The largest absolute Gasteiger partial charge is 0.367 e. The van der Waals surface area contributed by atoms with Gasteiger partial charge in [0.25, 0.3) is 5.91 Å². The average molecular weight is 588 g/mol. The van der Waals surface area contributed by atoms with Gasteiger partial charge < -0.3 is 10.6 Å². The summed E-state index contributed by atoms with van der Waals surface area (Å²) in [5.74, 6) is 0.470. The fraction of sp³-hybridized carbons (Fsp3) is 0.273. The fourth-order valence-corrected chi connectivity index (χ4v) is 5.63. The van der Waals surface area contributed by atoms with E-state index in [0.29, 0.717) is 23.9 Å². The number of carbonyl (C=O) groups excluding carboxylic acids is 1. The van der Waals surface area contributed by atoms with E-state index in [-0.39, 0.29) is 11.5 Å². The van der Waals surface area contributed by atoms with E-state index in [9.17, 15) is 9.18 Å². The first-order valence-electron chi connectivity index (χ1n) is 14.8. The van der Waals surface area contributed by atoms with Crippen molar-refractivity contribution < 1.29 is 9.18 Å².